The molecule has 0 saturated heterocycles. The number of hydrogen-bond donors (Lipinski definition) is 2. The fraction of sp³-hybridized carbons (Fsp3) is 0.0588. The molecule has 0 heterocycles. The van der Waals surface area contributed by atoms with Crippen LogP contribution in [0.1, 0.15) is 5.56 Å². The van der Waals surface area contributed by atoms with Gasteiger partial charge in [0.2, 0.25) is 5.91 Å². The molecule has 2 aromatic rings. The van der Waals surface area contributed by atoms with Gasteiger partial charge in [-0.3, -0.25) is 9.59 Å². The van der Waals surface area contributed by atoms with Crippen molar-refractivity contribution in [2.45, 2.75) is 6.18 Å². The van der Waals surface area contributed by atoms with E-state index in [0.717, 1.165) is 6.08 Å². The van der Waals surface area contributed by atoms with Crippen LogP contribution in [0.4, 0.5) is 28.9 Å². The van der Waals surface area contributed by atoms with E-state index in [1.165, 1.54) is 48.5 Å². The summed E-state index contributed by atoms with van der Waals surface area (Å²) in [5, 5.41) is 4.14. The summed E-state index contributed by atoms with van der Waals surface area (Å²) in [6, 6.07) is 10.9. The van der Waals surface area contributed by atoms with E-state index >= 15 is 0 Å². The highest BCUT2D eigenvalue weighted by Crippen LogP contribution is 2.19. The van der Waals surface area contributed by atoms with Crippen molar-refractivity contribution < 1.29 is 27.2 Å². The molecule has 8 heteroatoms. The Balaban J connectivity index is 1.96. The van der Waals surface area contributed by atoms with Crippen LogP contribution in [-0.4, -0.2) is 18.0 Å². The predicted molar refractivity (Wildman–Crippen MR) is 85.2 cm³/mol. The normalized spacial score (nSPS) is 11.4. The Bertz CT molecular complexity index is 799. The molecule has 0 unspecified atom stereocenters. The molecule has 0 atom stereocenters. The third kappa shape index (κ3) is 5.45. The summed E-state index contributed by atoms with van der Waals surface area (Å²) in [5.74, 6) is -3.11. The number of alkyl halides is 3. The summed E-state index contributed by atoms with van der Waals surface area (Å²) in [7, 11) is 0. The zero-order valence-corrected chi connectivity index (χ0v) is 12.6. The number of benzene rings is 2. The summed E-state index contributed by atoms with van der Waals surface area (Å²) < 4.78 is 49.8. The highest BCUT2D eigenvalue weighted by Gasteiger charge is 2.38. The number of carbonyl (C=O) groups is 2. The van der Waals surface area contributed by atoms with E-state index in [9.17, 15) is 27.2 Å². The number of amides is 2. The Kier molecular flexibility index (Phi) is 5.53. The summed E-state index contributed by atoms with van der Waals surface area (Å²) in [6.07, 6.45) is -2.56. The molecule has 130 valence electrons. The predicted octanol–water partition coefficient (Wildman–Crippen LogP) is 3.98. The molecule has 4 nitrogen and oxygen atoms in total. The number of nitrogens with one attached hydrogen (secondary N) is 2. The van der Waals surface area contributed by atoms with Gasteiger partial charge >= 0.3 is 12.1 Å². The molecular weight excluding hydrogens is 340 g/mol. The SMILES string of the molecule is O=C(/C=C/c1ccccc1F)Nc1ccc(NC(=O)C(F)(F)F)cc1. The lowest BCUT2D eigenvalue weighted by atomic mass is 10.2. The monoisotopic (exact) mass is 352 g/mol. The lowest BCUT2D eigenvalue weighted by Crippen LogP contribution is -2.29. The van der Waals surface area contributed by atoms with Crippen molar-refractivity contribution in [3.05, 3.63) is 66.0 Å². The molecule has 2 N–H and O–H groups in total. The number of carbonyl (C=O) groups excluding carboxylic acids is 2. The van der Waals surface area contributed by atoms with E-state index < -0.39 is 23.8 Å². The molecule has 0 aliphatic carbocycles. The molecule has 2 aromatic carbocycles. The van der Waals surface area contributed by atoms with Gasteiger partial charge in [0.25, 0.3) is 0 Å². The second-order valence-corrected chi connectivity index (χ2v) is 4.87. The Morgan fingerprint density at radius 2 is 1.44 bits per heavy atom. The third-order valence-electron chi connectivity index (χ3n) is 2.99. The first-order valence-electron chi connectivity index (χ1n) is 6.97. The zero-order valence-electron chi connectivity index (χ0n) is 12.6. The number of anilines is 2. The van der Waals surface area contributed by atoms with Crippen LogP contribution in [0.25, 0.3) is 6.08 Å². The Morgan fingerprint density at radius 3 is 2.00 bits per heavy atom. The van der Waals surface area contributed by atoms with Gasteiger partial charge in [0.15, 0.2) is 0 Å². The van der Waals surface area contributed by atoms with Crippen molar-refractivity contribution >= 4 is 29.3 Å². The maximum Gasteiger partial charge on any atom is 0.471 e. The van der Waals surface area contributed by atoms with Crippen LogP contribution in [0.5, 0.6) is 0 Å². The van der Waals surface area contributed by atoms with Crippen LogP contribution in [0.2, 0.25) is 0 Å². The second-order valence-electron chi connectivity index (χ2n) is 4.87. The first-order chi connectivity index (χ1) is 11.8. The van der Waals surface area contributed by atoms with Gasteiger partial charge in [0, 0.05) is 23.0 Å². The van der Waals surface area contributed by atoms with Crippen molar-refractivity contribution in [3.8, 4) is 0 Å². The molecule has 2 rings (SSSR count). The van der Waals surface area contributed by atoms with Crippen molar-refractivity contribution in [2.24, 2.45) is 0 Å². The molecule has 25 heavy (non-hydrogen) atoms. The quantitative estimate of drug-likeness (QED) is 0.646. The molecule has 2 amide bonds. The molecule has 0 fully saturated rings. The third-order valence-corrected chi connectivity index (χ3v) is 2.99. The average molecular weight is 352 g/mol. The van der Waals surface area contributed by atoms with Crippen molar-refractivity contribution in [1.29, 1.82) is 0 Å². The summed E-state index contributed by atoms with van der Waals surface area (Å²) in [6.45, 7) is 0. The van der Waals surface area contributed by atoms with Gasteiger partial charge in [-0.1, -0.05) is 18.2 Å². The lowest BCUT2D eigenvalue weighted by molar-refractivity contribution is -0.167. The van der Waals surface area contributed by atoms with Crippen LogP contribution in [0, 0.1) is 5.82 Å². The molecule has 0 aromatic heterocycles. The largest absolute Gasteiger partial charge is 0.471 e. The number of rotatable bonds is 4. The minimum Gasteiger partial charge on any atom is -0.323 e. The summed E-state index contributed by atoms with van der Waals surface area (Å²) in [4.78, 5) is 22.6. The lowest BCUT2D eigenvalue weighted by Gasteiger charge is -2.08. The van der Waals surface area contributed by atoms with Crippen molar-refractivity contribution in [3.63, 3.8) is 0 Å². The molecule has 0 radical (unpaired) electrons. The van der Waals surface area contributed by atoms with Crippen molar-refractivity contribution in [1.82, 2.24) is 0 Å². The van der Waals surface area contributed by atoms with E-state index in [4.69, 9.17) is 0 Å². The fourth-order valence-corrected chi connectivity index (χ4v) is 1.80. The minimum absolute atomic E-state index is 0.0674. The smallest absolute Gasteiger partial charge is 0.323 e. The molecule has 0 spiro atoms. The first kappa shape index (κ1) is 18.2. The fourth-order valence-electron chi connectivity index (χ4n) is 1.80. The Hall–Kier alpha value is -3.16. The van der Waals surface area contributed by atoms with Crippen LogP contribution in [-0.2, 0) is 9.59 Å². The van der Waals surface area contributed by atoms with E-state index in [0.29, 0.717) is 5.69 Å². The van der Waals surface area contributed by atoms with E-state index in [-0.39, 0.29) is 11.3 Å². The van der Waals surface area contributed by atoms with E-state index in [1.54, 1.807) is 11.4 Å². The first-order valence-corrected chi connectivity index (χ1v) is 6.97. The van der Waals surface area contributed by atoms with Gasteiger partial charge in [0.05, 0.1) is 0 Å². The molecule has 0 bridgehead atoms. The number of halogens is 4. The van der Waals surface area contributed by atoms with Gasteiger partial charge in [0.1, 0.15) is 5.82 Å². The molecule has 0 aliphatic rings. The maximum absolute atomic E-state index is 13.4. The number of hydrogen-bond acceptors (Lipinski definition) is 2. The molecule has 0 saturated carbocycles. The van der Waals surface area contributed by atoms with Gasteiger partial charge in [-0.05, 0) is 36.4 Å². The minimum atomic E-state index is -4.98. The highest BCUT2D eigenvalue weighted by atomic mass is 19.4. The molecule has 0 aliphatic heterocycles. The zero-order chi connectivity index (χ0) is 18.4. The van der Waals surface area contributed by atoms with E-state index in [1.807, 2.05) is 0 Å². The van der Waals surface area contributed by atoms with E-state index in [2.05, 4.69) is 5.32 Å². The second kappa shape index (κ2) is 7.61. The van der Waals surface area contributed by atoms with Crippen molar-refractivity contribution in [2.75, 3.05) is 10.6 Å². The van der Waals surface area contributed by atoms with Gasteiger partial charge < -0.3 is 10.6 Å². The summed E-state index contributed by atoms with van der Waals surface area (Å²) in [5.41, 5.74) is 0.471. The maximum atomic E-state index is 13.4. The average Bonchev–Trinajstić information content (AvgIpc) is 2.55. The highest BCUT2D eigenvalue weighted by molar-refractivity contribution is 6.02. The topological polar surface area (TPSA) is 58.2 Å². The standard InChI is InChI=1S/C17H12F4N2O2/c18-14-4-2-1-3-11(14)5-10-15(24)22-12-6-8-13(9-7-12)23-16(25)17(19,20)21/h1-10H,(H,22,24)(H,23,25)/b10-5+. The molecular formula is C17H12F4N2O2. The Morgan fingerprint density at radius 1 is 0.880 bits per heavy atom. The van der Waals surface area contributed by atoms with Crippen LogP contribution >= 0.6 is 0 Å². The van der Waals surface area contributed by atoms with Crippen LogP contribution in [0.15, 0.2) is 54.6 Å². The van der Waals surface area contributed by atoms with Gasteiger partial charge in [-0.15, -0.1) is 0 Å². The van der Waals surface area contributed by atoms with Gasteiger partial charge in [-0.25, -0.2) is 4.39 Å². The van der Waals surface area contributed by atoms with Crippen LogP contribution in [0.3, 0.4) is 0 Å². The Labute approximate surface area is 140 Å². The van der Waals surface area contributed by atoms with Gasteiger partial charge in [-0.2, -0.15) is 13.2 Å². The van der Waals surface area contributed by atoms with Crippen LogP contribution < -0.4 is 10.6 Å². The summed E-state index contributed by atoms with van der Waals surface area (Å²) >= 11 is 0.